The van der Waals surface area contributed by atoms with E-state index in [0.29, 0.717) is 17.5 Å². The van der Waals surface area contributed by atoms with Gasteiger partial charge in [0.1, 0.15) is 0 Å². The van der Waals surface area contributed by atoms with Gasteiger partial charge in [-0.3, -0.25) is 0 Å². The lowest BCUT2D eigenvalue weighted by molar-refractivity contribution is 1.07. The highest BCUT2D eigenvalue weighted by molar-refractivity contribution is 7.26. The Labute approximate surface area is 353 Å². The van der Waals surface area contributed by atoms with Crippen LogP contribution < -0.4 is 0 Å². The van der Waals surface area contributed by atoms with E-state index in [4.69, 9.17) is 15.0 Å². The van der Waals surface area contributed by atoms with Gasteiger partial charge in [-0.15, -0.1) is 11.3 Å². The number of para-hydroxylation sites is 1. The molecule has 11 rings (SSSR count). The van der Waals surface area contributed by atoms with Crippen molar-refractivity contribution >= 4 is 53.3 Å². The Morgan fingerprint density at radius 1 is 0.400 bits per heavy atom. The first kappa shape index (κ1) is 35.9. The van der Waals surface area contributed by atoms with Crippen LogP contribution in [0, 0.1) is 27.7 Å². The number of hydrogen-bond acceptors (Lipinski definition) is 4. The number of aryl methyl sites for hydroxylation is 2. The lowest BCUT2D eigenvalue weighted by atomic mass is 9.92. The molecule has 0 spiro atoms. The fourth-order valence-corrected chi connectivity index (χ4v) is 10.4. The lowest BCUT2D eigenvalue weighted by Gasteiger charge is -2.17. The predicted molar refractivity (Wildman–Crippen MR) is 253 cm³/mol. The SMILES string of the molecule is Cc1ccccc1-c1cccc(-c2nc(-c3ccccc3)nc(-c3cccc(-c4cc(-n5c6ccccc6c6c7sc8ccccc8c7ccc65)ccc4C)c3C)n2)c1C. The number of aromatic nitrogens is 4. The first-order valence-electron chi connectivity index (χ1n) is 20.5. The number of rotatable bonds is 6. The molecule has 0 radical (unpaired) electrons. The van der Waals surface area contributed by atoms with Gasteiger partial charge in [0.2, 0.25) is 0 Å². The zero-order chi connectivity index (χ0) is 40.5. The normalized spacial score (nSPS) is 11.7. The zero-order valence-corrected chi connectivity index (χ0v) is 34.7. The fourth-order valence-electron chi connectivity index (χ4n) is 9.10. The van der Waals surface area contributed by atoms with Crippen molar-refractivity contribution in [2.75, 3.05) is 0 Å². The average Bonchev–Trinajstić information content (AvgIpc) is 3.83. The monoisotopic (exact) mass is 788 g/mol. The third kappa shape index (κ3) is 5.76. The molecule has 0 aliphatic heterocycles. The Bertz CT molecular complexity index is 3480. The van der Waals surface area contributed by atoms with Crippen LogP contribution in [0.1, 0.15) is 22.3 Å². The average molecular weight is 789 g/mol. The molecule has 286 valence electrons. The van der Waals surface area contributed by atoms with E-state index in [1.165, 1.54) is 69.8 Å². The Hall–Kier alpha value is -7.21. The van der Waals surface area contributed by atoms with Gasteiger partial charge < -0.3 is 4.57 Å². The summed E-state index contributed by atoms with van der Waals surface area (Å²) in [5.41, 5.74) is 15.9. The first-order chi connectivity index (χ1) is 29.4. The van der Waals surface area contributed by atoms with Crippen molar-refractivity contribution in [3.63, 3.8) is 0 Å². The van der Waals surface area contributed by atoms with Crippen molar-refractivity contribution in [1.29, 1.82) is 0 Å². The topological polar surface area (TPSA) is 43.6 Å². The van der Waals surface area contributed by atoms with Gasteiger partial charge in [-0.2, -0.15) is 0 Å². The number of thiophene rings is 1. The van der Waals surface area contributed by atoms with Gasteiger partial charge in [-0.1, -0.05) is 140 Å². The van der Waals surface area contributed by atoms with Gasteiger partial charge in [-0.05, 0) is 103 Å². The second-order valence-corrected chi connectivity index (χ2v) is 16.8. The molecule has 0 aliphatic carbocycles. The van der Waals surface area contributed by atoms with Gasteiger partial charge in [0.25, 0.3) is 0 Å². The molecule has 0 aliphatic rings. The summed E-state index contributed by atoms with van der Waals surface area (Å²) in [5.74, 6) is 1.97. The molecule has 8 aromatic carbocycles. The van der Waals surface area contributed by atoms with Crippen LogP contribution >= 0.6 is 11.3 Å². The second-order valence-electron chi connectivity index (χ2n) is 15.7. The maximum Gasteiger partial charge on any atom is 0.164 e. The predicted octanol–water partition coefficient (Wildman–Crippen LogP) is 14.9. The minimum Gasteiger partial charge on any atom is -0.309 e. The maximum atomic E-state index is 5.28. The van der Waals surface area contributed by atoms with Crippen LogP contribution in [0.3, 0.4) is 0 Å². The summed E-state index contributed by atoms with van der Waals surface area (Å²) in [6.07, 6.45) is 0. The van der Waals surface area contributed by atoms with E-state index in [1.54, 1.807) is 0 Å². The summed E-state index contributed by atoms with van der Waals surface area (Å²) in [4.78, 5) is 15.6. The highest BCUT2D eigenvalue weighted by Crippen LogP contribution is 2.44. The van der Waals surface area contributed by atoms with Crippen molar-refractivity contribution in [1.82, 2.24) is 19.5 Å². The number of nitrogens with zero attached hydrogens (tertiary/aromatic N) is 4. The molecule has 60 heavy (non-hydrogen) atoms. The standard InChI is InChI=1S/C55H40N4S/c1-33-16-8-9-19-39(33)40-22-14-24-42(35(40)3)54-56-53(37-17-6-5-7-18-37)57-55(58-54)43-25-15-23-41(36(43)4)47-32-38(29-28-34(47)2)59-48-26-12-10-21-46(48)51-49(59)31-30-45-44-20-11-13-27-50(44)60-52(45)51/h5-32H,1-4H3. The van der Waals surface area contributed by atoms with Crippen molar-refractivity contribution in [2.45, 2.75) is 27.7 Å². The van der Waals surface area contributed by atoms with Gasteiger partial charge in [0.15, 0.2) is 17.5 Å². The third-order valence-corrected chi connectivity index (χ3v) is 13.4. The van der Waals surface area contributed by atoms with Gasteiger partial charge in [0.05, 0.1) is 11.0 Å². The Morgan fingerprint density at radius 3 is 1.73 bits per heavy atom. The van der Waals surface area contributed by atoms with Crippen LogP contribution in [0.5, 0.6) is 0 Å². The third-order valence-electron chi connectivity index (χ3n) is 12.2. The maximum absolute atomic E-state index is 5.28. The van der Waals surface area contributed by atoms with Crippen LogP contribution in [0.2, 0.25) is 0 Å². The fraction of sp³-hybridized carbons (Fsp3) is 0.0727. The van der Waals surface area contributed by atoms with E-state index in [0.717, 1.165) is 39.1 Å². The minimum atomic E-state index is 0.651. The zero-order valence-electron chi connectivity index (χ0n) is 33.9. The molecule has 0 fully saturated rings. The van der Waals surface area contributed by atoms with Crippen LogP contribution in [0.4, 0.5) is 0 Å². The summed E-state index contributed by atoms with van der Waals surface area (Å²) in [6.45, 7) is 8.74. The minimum absolute atomic E-state index is 0.651. The van der Waals surface area contributed by atoms with E-state index >= 15 is 0 Å². The highest BCUT2D eigenvalue weighted by Gasteiger charge is 2.21. The Morgan fingerprint density at radius 2 is 0.983 bits per heavy atom. The quantitative estimate of drug-likeness (QED) is 0.169. The molecular weight excluding hydrogens is 749 g/mol. The van der Waals surface area contributed by atoms with Gasteiger partial charge in [-0.25, -0.2) is 15.0 Å². The van der Waals surface area contributed by atoms with E-state index in [2.05, 4.69) is 184 Å². The Balaban J connectivity index is 1.08. The number of benzene rings is 8. The van der Waals surface area contributed by atoms with Crippen LogP contribution in [-0.2, 0) is 0 Å². The van der Waals surface area contributed by atoms with Crippen molar-refractivity contribution in [3.8, 4) is 62.1 Å². The van der Waals surface area contributed by atoms with Gasteiger partial charge in [0, 0.05) is 53.3 Å². The van der Waals surface area contributed by atoms with E-state index in [1.807, 2.05) is 29.5 Å². The number of hydrogen-bond donors (Lipinski definition) is 0. The molecule has 0 unspecified atom stereocenters. The van der Waals surface area contributed by atoms with Crippen LogP contribution in [-0.4, -0.2) is 19.5 Å². The Kier molecular flexibility index (Phi) is 8.54. The molecular formula is C55H40N4S. The molecule has 3 aromatic heterocycles. The molecule has 5 heteroatoms. The molecule has 11 aromatic rings. The first-order valence-corrected chi connectivity index (χ1v) is 21.3. The summed E-state index contributed by atoms with van der Waals surface area (Å²) < 4.78 is 5.09. The smallest absolute Gasteiger partial charge is 0.164 e. The summed E-state index contributed by atoms with van der Waals surface area (Å²) in [6, 6.07) is 60.8. The highest BCUT2D eigenvalue weighted by atomic mass is 32.1. The van der Waals surface area contributed by atoms with Crippen LogP contribution in [0.25, 0.3) is 104 Å². The van der Waals surface area contributed by atoms with Crippen molar-refractivity contribution < 1.29 is 0 Å². The number of fused-ring (bicyclic) bond motifs is 7. The van der Waals surface area contributed by atoms with Crippen molar-refractivity contribution in [3.05, 3.63) is 192 Å². The molecule has 0 atom stereocenters. The molecule has 0 N–H and O–H groups in total. The van der Waals surface area contributed by atoms with Crippen molar-refractivity contribution in [2.24, 2.45) is 0 Å². The lowest BCUT2D eigenvalue weighted by Crippen LogP contribution is -2.03. The molecule has 0 saturated heterocycles. The van der Waals surface area contributed by atoms with Gasteiger partial charge >= 0.3 is 0 Å². The van der Waals surface area contributed by atoms with E-state index in [-0.39, 0.29) is 0 Å². The summed E-state index contributed by atoms with van der Waals surface area (Å²) >= 11 is 1.89. The van der Waals surface area contributed by atoms with E-state index < -0.39 is 0 Å². The summed E-state index contributed by atoms with van der Waals surface area (Å²) in [7, 11) is 0. The van der Waals surface area contributed by atoms with E-state index in [9.17, 15) is 0 Å². The summed E-state index contributed by atoms with van der Waals surface area (Å²) in [5, 5.41) is 5.21. The largest absolute Gasteiger partial charge is 0.309 e. The molecule has 4 nitrogen and oxygen atoms in total. The second kappa shape index (κ2) is 14.3. The molecule has 0 bridgehead atoms. The molecule has 0 amide bonds. The molecule has 0 saturated carbocycles. The molecule has 3 heterocycles. The van der Waals surface area contributed by atoms with Crippen LogP contribution in [0.15, 0.2) is 170 Å².